The molecule has 0 atom stereocenters. The van der Waals surface area contributed by atoms with Gasteiger partial charge in [-0.1, -0.05) is 46.3 Å². The molecule has 1 amide bonds. The maximum atomic E-state index is 13.1. The highest BCUT2D eigenvalue weighted by Crippen LogP contribution is 2.33. The number of alkyl halides is 4. The number of halogens is 4. The summed E-state index contributed by atoms with van der Waals surface area (Å²) < 4.78 is 39.2. The molecule has 2 rings (SSSR count). The van der Waals surface area contributed by atoms with Crippen molar-refractivity contribution in [3.05, 3.63) is 65.2 Å². The monoisotopic (exact) mass is 385 g/mol. The van der Waals surface area contributed by atoms with Crippen LogP contribution in [-0.4, -0.2) is 17.0 Å². The van der Waals surface area contributed by atoms with Crippen molar-refractivity contribution in [3.63, 3.8) is 0 Å². The van der Waals surface area contributed by atoms with E-state index in [1.807, 2.05) is 0 Å². The number of para-hydroxylation sites is 1. The molecule has 0 aromatic heterocycles. The van der Waals surface area contributed by atoms with Crippen LogP contribution in [0.4, 0.5) is 18.9 Å². The van der Waals surface area contributed by atoms with E-state index >= 15 is 0 Å². The first-order valence-corrected chi connectivity index (χ1v) is 7.62. The number of hydrogen-bond donors (Lipinski definition) is 1. The number of ketones is 1. The highest BCUT2D eigenvalue weighted by atomic mass is 79.9. The summed E-state index contributed by atoms with van der Waals surface area (Å²) in [4.78, 5) is 24.0. The lowest BCUT2D eigenvalue weighted by Crippen LogP contribution is -2.18. The molecule has 23 heavy (non-hydrogen) atoms. The standard InChI is InChI=1S/C16H11BrF3NO2/c17-9-14(22)21-13-8-4-2-6-11(13)15(23)10-5-1-3-7-12(10)16(18,19)20/h1-8H,9H2,(H,21,22). The van der Waals surface area contributed by atoms with Crippen LogP contribution in [0.3, 0.4) is 0 Å². The van der Waals surface area contributed by atoms with E-state index in [1.54, 1.807) is 6.07 Å². The van der Waals surface area contributed by atoms with Crippen molar-refractivity contribution in [1.82, 2.24) is 0 Å². The maximum absolute atomic E-state index is 13.1. The smallest absolute Gasteiger partial charge is 0.325 e. The fraction of sp³-hybridized carbons (Fsp3) is 0.125. The van der Waals surface area contributed by atoms with Crippen LogP contribution in [0.15, 0.2) is 48.5 Å². The Hall–Kier alpha value is -2.15. The van der Waals surface area contributed by atoms with Crippen LogP contribution in [0.1, 0.15) is 21.5 Å². The zero-order valence-corrected chi connectivity index (χ0v) is 13.2. The maximum Gasteiger partial charge on any atom is 0.417 e. The quantitative estimate of drug-likeness (QED) is 0.630. The Kier molecular flexibility index (Phi) is 5.20. The minimum Gasteiger partial charge on any atom is -0.325 e. The van der Waals surface area contributed by atoms with Gasteiger partial charge >= 0.3 is 6.18 Å². The third-order valence-electron chi connectivity index (χ3n) is 3.04. The van der Waals surface area contributed by atoms with E-state index in [4.69, 9.17) is 0 Å². The molecule has 3 nitrogen and oxygen atoms in total. The van der Waals surface area contributed by atoms with Crippen LogP contribution in [0, 0.1) is 0 Å². The van der Waals surface area contributed by atoms with Crippen molar-refractivity contribution in [2.45, 2.75) is 6.18 Å². The number of carbonyl (C=O) groups is 2. The van der Waals surface area contributed by atoms with Gasteiger partial charge in [-0.25, -0.2) is 0 Å². The summed E-state index contributed by atoms with van der Waals surface area (Å²) in [6.07, 6.45) is -4.64. The van der Waals surface area contributed by atoms with Gasteiger partial charge in [0.25, 0.3) is 0 Å². The van der Waals surface area contributed by atoms with Crippen molar-refractivity contribution >= 4 is 33.3 Å². The Morgan fingerprint density at radius 1 is 0.957 bits per heavy atom. The summed E-state index contributed by atoms with van der Waals surface area (Å²) in [5.41, 5.74) is -1.30. The highest BCUT2D eigenvalue weighted by Gasteiger charge is 2.35. The van der Waals surface area contributed by atoms with Crippen molar-refractivity contribution in [1.29, 1.82) is 0 Å². The third-order valence-corrected chi connectivity index (χ3v) is 3.55. The average molecular weight is 386 g/mol. The van der Waals surface area contributed by atoms with E-state index in [0.717, 1.165) is 12.1 Å². The van der Waals surface area contributed by atoms with Gasteiger partial charge in [0, 0.05) is 11.1 Å². The van der Waals surface area contributed by atoms with Gasteiger partial charge in [0.1, 0.15) is 0 Å². The molecule has 0 bridgehead atoms. The number of benzene rings is 2. The van der Waals surface area contributed by atoms with Crippen molar-refractivity contribution < 1.29 is 22.8 Å². The van der Waals surface area contributed by atoms with Crippen LogP contribution in [0.5, 0.6) is 0 Å². The van der Waals surface area contributed by atoms with E-state index in [1.165, 1.54) is 30.3 Å². The molecule has 1 N–H and O–H groups in total. The summed E-state index contributed by atoms with van der Waals surface area (Å²) in [6.45, 7) is 0. The van der Waals surface area contributed by atoms with Crippen LogP contribution in [0.2, 0.25) is 0 Å². The molecule has 0 aliphatic carbocycles. The Morgan fingerprint density at radius 3 is 2.13 bits per heavy atom. The Labute approximate surface area is 138 Å². The highest BCUT2D eigenvalue weighted by molar-refractivity contribution is 9.09. The number of nitrogens with one attached hydrogen (secondary N) is 1. The van der Waals surface area contributed by atoms with Gasteiger partial charge in [0.15, 0.2) is 5.78 Å². The molecule has 0 heterocycles. The van der Waals surface area contributed by atoms with Gasteiger partial charge in [-0.2, -0.15) is 13.2 Å². The molecule has 0 saturated carbocycles. The Bertz CT molecular complexity index is 744. The third kappa shape index (κ3) is 3.98. The van der Waals surface area contributed by atoms with E-state index in [-0.39, 0.29) is 16.6 Å². The number of anilines is 1. The predicted molar refractivity (Wildman–Crippen MR) is 83.7 cm³/mol. The fourth-order valence-electron chi connectivity index (χ4n) is 2.05. The van der Waals surface area contributed by atoms with E-state index < -0.39 is 29.0 Å². The van der Waals surface area contributed by atoms with Crippen LogP contribution >= 0.6 is 15.9 Å². The average Bonchev–Trinajstić information content (AvgIpc) is 2.54. The van der Waals surface area contributed by atoms with Crippen molar-refractivity contribution in [3.8, 4) is 0 Å². The molecule has 0 unspecified atom stereocenters. The van der Waals surface area contributed by atoms with Gasteiger partial charge in [0.05, 0.1) is 16.6 Å². The largest absolute Gasteiger partial charge is 0.417 e. The second-order valence-electron chi connectivity index (χ2n) is 4.60. The second-order valence-corrected chi connectivity index (χ2v) is 5.16. The molecular formula is C16H11BrF3NO2. The summed E-state index contributed by atoms with van der Waals surface area (Å²) in [5, 5.41) is 2.49. The minimum absolute atomic E-state index is 0.00139. The number of amides is 1. The predicted octanol–water partition coefficient (Wildman–Crippen LogP) is 4.27. The molecule has 2 aromatic rings. The second kappa shape index (κ2) is 6.95. The summed E-state index contributed by atoms with van der Waals surface area (Å²) in [7, 11) is 0. The van der Waals surface area contributed by atoms with Gasteiger partial charge in [-0.3, -0.25) is 9.59 Å². The summed E-state index contributed by atoms with van der Waals surface area (Å²) >= 11 is 2.97. The van der Waals surface area contributed by atoms with E-state index in [9.17, 15) is 22.8 Å². The molecule has 0 aliphatic heterocycles. The summed E-state index contributed by atoms with van der Waals surface area (Å²) in [5.74, 6) is -1.21. The van der Waals surface area contributed by atoms with Gasteiger partial charge in [-0.15, -0.1) is 0 Å². The SMILES string of the molecule is O=C(CBr)Nc1ccccc1C(=O)c1ccccc1C(F)(F)F. The lowest BCUT2D eigenvalue weighted by Gasteiger charge is -2.14. The van der Waals surface area contributed by atoms with Gasteiger partial charge < -0.3 is 5.32 Å². The molecule has 2 aromatic carbocycles. The molecule has 0 saturated heterocycles. The van der Waals surface area contributed by atoms with Crippen LogP contribution in [0.25, 0.3) is 0 Å². The first-order valence-electron chi connectivity index (χ1n) is 6.50. The van der Waals surface area contributed by atoms with E-state index in [0.29, 0.717) is 0 Å². The lowest BCUT2D eigenvalue weighted by atomic mass is 9.97. The first-order chi connectivity index (χ1) is 10.8. The van der Waals surface area contributed by atoms with Gasteiger partial charge in [-0.05, 0) is 18.2 Å². The van der Waals surface area contributed by atoms with E-state index in [2.05, 4.69) is 21.2 Å². The number of carbonyl (C=O) groups excluding carboxylic acids is 2. The molecule has 0 fully saturated rings. The zero-order valence-electron chi connectivity index (χ0n) is 11.7. The van der Waals surface area contributed by atoms with Crippen molar-refractivity contribution in [2.24, 2.45) is 0 Å². The van der Waals surface area contributed by atoms with Crippen molar-refractivity contribution in [2.75, 3.05) is 10.6 Å². The first kappa shape index (κ1) is 17.2. The molecular weight excluding hydrogens is 375 g/mol. The molecule has 0 spiro atoms. The van der Waals surface area contributed by atoms with Crippen LogP contribution < -0.4 is 5.32 Å². The summed E-state index contributed by atoms with van der Waals surface area (Å²) in [6, 6.07) is 10.5. The minimum atomic E-state index is -4.64. The number of rotatable bonds is 4. The Balaban J connectivity index is 2.49. The topological polar surface area (TPSA) is 46.2 Å². The van der Waals surface area contributed by atoms with Crippen LogP contribution in [-0.2, 0) is 11.0 Å². The fourth-order valence-corrected chi connectivity index (χ4v) is 2.19. The number of hydrogen-bond acceptors (Lipinski definition) is 2. The normalized spacial score (nSPS) is 11.1. The molecule has 7 heteroatoms. The van der Waals surface area contributed by atoms with Gasteiger partial charge in [0.2, 0.25) is 5.91 Å². The lowest BCUT2D eigenvalue weighted by molar-refractivity contribution is -0.137. The molecule has 0 radical (unpaired) electrons. The molecule has 0 aliphatic rings. The zero-order chi connectivity index (χ0) is 17.0. The molecule has 120 valence electrons. The Morgan fingerprint density at radius 2 is 1.52 bits per heavy atom.